The summed E-state index contributed by atoms with van der Waals surface area (Å²) in [5.74, 6) is 5.49. The second-order valence-electron chi connectivity index (χ2n) is 2.74. The summed E-state index contributed by atoms with van der Waals surface area (Å²) < 4.78 is 0. The molecule has 0 fully saturated rings. The van der Waals surface area contributed by atoms with E-state index in [9.17, 15) is 4.79 Å². The molecule has 0 unspecified atom stereocenters. The summed E-state index contributed by atoms with van der Waals surface area (Å²) in [6, 6.07) is 0. The largest absolute Gasteiger partial charge is 0.403 e. The van der Waals surface area contributed by atoms with Crippen molar-refractivity contribution in [1.29, 1.82) is 0 Å². The van der Waals surface area contributed by atoms with Crippen LogP contribution in [0.5, 0.6) is 0 Å². The minimum Gasteiger partial charge on any atom is -0.403 e. The molecule has 11 heavy (non-hydrogen) atoms. The van der Waals surface area contributed by atoms with Crippen molar-refractivity contribution < 1.29 is 4.79 Å². The minimum atomic E-state index is -0.123. The van der Waals surface area contributed by atoms with Gasteiger partial charge in [0.15, 0.2) is 0 Å². The maximum atomic E-state index is 11.0. The molecule has 0 radical (unpaired) electrons. The van der Waals surface area contributed by atoms with Crippen LogP contribution in [0.15, 0.2) is 12.4 Å². The van der Waals surface area contributed by atoms with E-state index < -0.39 is 0 Å². The Balaban J connectivity index is 3.83. The van der Waals surface area contributed by atoms with Gasteiger partial charge in [0.25, 0.3) is 0 Å². The smallest absolute Gasteiger partial charge is 0.240 e. The van der Waals surface area contributed by atoms with Gasteiger partial charge < -0.3 is 5.73 Å². The van der Waals surface area contributed by atoms with Gasteiger partial charge in [-0.15, -0.1) is 0 Å². The van der Waals surface area contributed by atoms with E-state index in [-0.39, 0.29) is 5.91 Å². The number of hydrogen-bond acceptors (Lipinski definition) is 3. The first kappa shape index (κ1) is 9.97. The fraction of sp³-hybridized carbons (Fsp3) is 0.571. The molecule has 1 amide bonds. The lowest BCUT2D eigenvalue weighted by molar-refractivity contribution is -0.129. The van der Waals surface area contributed by atoms with Crippen molar-refractivity contribution in [3.8, 4) is 0 Å². The Morgan fingerprint density at radius 3 is 2.55 bits per heavy atom. The number of amides is 1. The third-order valence-corrected chi connectivity index (χ3v) is 1.12. The predicted molar refractivity (Wildman–Crippen MR) is 43.8 cm³/mol. The van der Waals surface area contributed by atoms with Gasteiger partial charge in [0.05, 0.1) is 0 Å². The van der Waals surface area contributed by atoms with Gasteiger partial charge in [-0.3, -0.25) is 9.80 Å². The lowest BCUT2D eigenvalue weighted by atomic mass is 10.1. The molecule has 0 saturated carbocycles. The summed E-state index contributed by atoms with van der Waals surface area (Å²) >= 11 is 0. The third kappa shape index (κ3) is 4.38. The number of rotatable bonds is 3. The quantitative estimate of drug-likeness (QED) is 0.348. The number of nitrogens with two attached hydrogens (primary N) is 2. The van der Waals surface area contributed by atoms with Crippen molar-refractivity contribution in [1.82, 2.24) is 5.01 Å². The van der Waals surface area contributed by atoms with Crippen molar-refractivity contribution in [2.24, 2.45) is 17.5 Å². The van der Waals surface area contributed by atoms with Gasteiger partial charge in [-0.25, -0.2) is 5.84 Å². The molecule has 0 aliphatic carbocycles. The molecule has 4 heteroatoms. The first-order chi connectivity index (χ1) is 5.07. The molecule has 0 heterocycles. The molecular weight excluding hydrogens is 142 g/mol. The van der Waals surface area contributed by atoms with Crippen LogP contribution in [0, 0.1) is 5.92 Å². The lowest BCUT2D eigenvalue weighted by Gasteiger charge is -2.11. The van der Waals surface area contributed by atoms with Crippen molar-refractivity contribution in [2.45, 2.75) is 20.3 Å². The van der Waals surface area contributed by atoms with Crippen LogP contribution < -0.4 is 11.6 Å². The molecule has 4 nitrogen and oxygen atoms in total. The number of hydrazine groups is 1. The maximum absolute atomic E-state index is 11.0. The van der Waals surface area contributed by atoms with E-state index in [1.807, 2.05) is 13.8 Å². The maximum Gasteiger partial charge on any atom is 0.240 e. The fourth-order valence-electron chi connectivity index (χ4n) is 0.631. The standard InChI is InChI=1S/C7H15N3O/c1-6(2)5-7(11)10(9)4-3-8/h3-4,6H,5,8-9H2,1-2H3/b4-3-. The molecule has 0 atom stereocenters. The van der Waals surface area contributed by atoms with E-state index in [0.29, 0.717) is 12.3 Å². The zero-order valence-corrected chi connectivity index (χ0v) is 6.95. The van der Waals surface area contributed by atoms with Crippen LogP contribution >= 0.6 is 0 Å². The van der Waals surface area contributed by atoms with Crippen LogP contribution in [-0.2, 0) is 4.79 Å². The Morgan fingerprint density at radius 1 is 1.64 bits per heavy atom. The molecule has 4 N–H and O–H groups in total. The second-order valence-corrected chi connectivity index (χ2v) is 2.74. The zero-order chi connectivity index (χ0) is 8.85. The van der Waals surface area contributed by atoms with Gasteiger partial charge in [0.2, 0.25) is 5.91 Å². The highest BCUT2D eigenvalue weighted by Crippen LogP contribution is 2.01. The Labute approximate surface area is 66.8 Å². The molecule has 0 aliphatic rings. The normalized spacial score (nSPS) is 10.9. The van der Waals surface area contributed by atoms with Crippen LogP contribution in [0.4, 0.5) is 0 Å². The van der Waals surface area contributed by atoms with Crippen LogP contribution in [0.2, 0.25) is 0 Å². The topological polar surface area (TPSA) is 72.3 Å². The Morgan fingerprint density at radius 2 is 2.18 bits per heavy atom. The molecule has 0 saturated heterocycles. The molecular formula is C7H15N3O. The first-order valence-electron chi connectivity index (χ1n) is 3.53. The van der Waals surface area contributed by atoms with Gasteiger partial charge in [-0.2, -0.15) is 0 Å². The summed E-state index contributed by atoms with van der Waals surface area (Å²) in [7, 11) is 0. The molecule has 0 rings (SSSR count). The number of carbonyl (C=O) groups is 1. The highest BCUT2D eigenvalue weighted by Gasteiger charge is 2.07. The Hall–Kier alpha value is -1.03. The van der Waals surface area contributed by atoms with E-state index in [2.05, 4.69) is 0 Å². The summed E-state index contributed by atoms with van der Waals surface area (Å²) in [6.07, 6.45) is 3.02. The van der Waals surface area contributed by atoms with Gasteiger partial charge in [0, 0.05) is 18.8 Å². The molecule has 64 valence electrons. The fourth-order valence-corrected chi connectivity index (χ4v) is 0.631. The molecule has 0 bridgehead atoms. The molecule has 0 spiro atoms. The van der Waals surface area contributed by atoms with Crippen LogP contribution in [0.3, 0.4) is 0 Å². The highest BCUT2D eigenvalue weighted by atomic mass is 16.2. The van der Waals surface area contributed by atoms with Crippen molar-refractivity contribution in [3.05, 3.63) is 12.4 Å². The van der Waals surface area contributed by atoms with E-state index in [4.69, 9.17) is 11.6 Å². The van der Waals surface area contributed by atoms with E-state index >= 15 is 0 Å². The van der Waals surface area contributed by atoms with Gasteiger partial charge in [-0.1, -0.05) is 13.8 Å². The predicted octanol–water partition coefficient (Wildman–Crippen LogP) is 0.165. The number of nitrogens with zero attached hydrogens (tertiary/aromatic N) is 1. The Kier molecular flexibility index (Phi) is 4.29. The minimum absolute atomic E-state index is 0.123. The van der Waals surface area contributed by atoms with Crippen molar-refractivity contribution >= 4 is 5.91 Å². The van der Waals surface area contributed by atoms with E-state index in [1.54, 1.807) is 0 Å². The van der Waals surface area contributed by atoms with Crippen LogP contribution in [0.1, 0.15) is 20.3 Å². The average molecular weight is 157 g/mol. The van der Waals surface area contributed by atoms with Crippen LogP contribution in [-0.4, -0.2) is 10.9 Å². The summed E-state index contributed by atoms with van der Waals surface area (Å²) in [5, 5.41) is 1.00. The van der Waals surface area contributed by atoms with Gasteiger partial charge in [0.1, 0.15) is 0 Å². The first-order valence-corrected chi connectivity index (χ1v) is 3.53. The highest BCUT2D eigenvalue weighted by molar-refractivity contribution is 5.76. The SMILES string of the molecule is CC(C)CC(=O)N(N)/C=C\N. The van der Waals surface area contributed by atoms with Gasteiger partial charge >= 0.3 is 0 Å². The van der Waals surface area contributed by atoms with Crippen molar-refractivity contribution in [3.63, 3.8) is 0 Å². The Bertz CT molecular complexity index is 154. The molecule has 0 aromatic carbocycles. The van der Waals surface area contributed by atoms with Crippen LogP contribution in [0.25, 0.3) is 0 Å². The van der Waals surface area contributed by atoms with Gasteiger partial charge in [-0.05, 0) is 5.92 Å². The number of carbonyl (C=O) groups excluding carboxylic acids is 1. The third-order valence-electron chi connectivity index (χ3n) is 1.12. The molecule has 0 aromatic rings. The summed E-state index contributed by atoms with van der Waals surface area (Å²) in [4.78, 5) is 11.0. The molecule has 0 aliphatic heterocycles. The second kappa shape index (κ2) is 4.73. The van der Waals surface area contributed by atoms with Crippen molar-refractivity contribution in [2.75, 3.05) is 0 Å². The molecule has 0 aromatic heterocycles. The van der Waals surface area contributed by atoms with E-state index in [0.717, 1.165) is 5.01 Å². The number of hydrogen-bond donors (Lipinski definition) is 2. The lowest BCUT2D eigenvalue weighted by Crippen LogP contribution is -2.33. The van der Waals surface area contributed by atoms with E-state index in [1.165, 1.54) is 12.4 Å². The monoisotopic (exact) mass is 157 g/mol. The average Bonchev–Trinajstić information content (AvgIpc) is 1.86. The zero-order valence-electron chi connectivity index (χ0n) is 6.95. The summed E-state index contributed by atoms with van der Waals surface area (Å²) in [5.41, 5.74) is 5.04. The summed E-state index contributed by atoms with van der Waals surface area (Å²) in [6.45, 7) is 3.91.